The first-order chi connectivity index (χ1) is 31.6. The minimum atomic E-state index is -3.63. The minimum Gasteiger partial charge on any atom is -0.308 e. The molecule has 15 rings (SSSR count). The van der Waals surface area contributed by atoms with E-state index < -0.39 is 7.14 Å². The SMILES string of the molecule is O=P12c3ccc4c(ccc5c6ccccc6ccc45)c3N(c3ccc4ccccc4c3)c3cccc(c31)N(c1ccc3ccccc3c1)c1c2cc2ccc3cccc4ccc1c2c34. The molecule has 0 bridgehead atoms. The Bertz CT molecular complexity index is 4250. The van der Waals surface area contributed by atoms with Gasteiger partial charge in [0.1, 0.15) is 0 Å². The maximum absolute atomic E-state index is 17.7. The zero-order valence-corrected chi connectivity index (χ0v) is 35.4. The lowest BCUT2D eigenvalue weighted by Gasteiger charge is -2.45. The number of hydrogen-bond donors (Lipinski definition) is 0. The van der Waals surface area contributed by atoms with Gasteiger partial charge in [-0.25, -0.2) is 0 Å². The first-order valence-electron chi connectivity index (χ1n) is 22.0. The van der Waals surface area contributed by atoms with Gasteiger partial charge in [-0.3, -0.25) is 0 Å². The molecule has 0 saturated carbocycles. The van der Waals surface area contributed by atoms with E-state index in [4.69, 9.17) is 0 Å². The molecule has 0 amide bonds. The predicted octanol–water partition coefficient (Wildman–Crippen LogP) is 15.6. The largest absolute Gasteiger partial charge is 0.308 e. The molecule has 2 aliphatic heterocycles. The lowest BCUT2D eigenvalue weighted by Crippen LogP contribution is -2.43. The Labute approximate surface area is 368 Å². The van der Waals surface area contributed by atoms with Crippen molar-refractivity contribution in [2.45, 2.75) is 0 Å². The van der Waals surface area contributed by atoms with Crippen molar-refractivity contribution in [2.75, 3.05) is 9.80 Å². The summed E-state index contributed by atoms with van der Waals surface area (Å²) in [5, 5.41) is 21.4. The van der Waals surface area contributed by atoms with Crippen LogP contribution in [0, 0.1) is 0 Å². The van der Waals surface area contributed by atoms with Crippen molar-refractivity contribution in [1.82, 2.24) is 0 Å². The Morgan fingerprint density at radius 3 is 1.48 bits per heavy atom. The standard InChI is InChI=1S/C60H35N2OP/c63-64-54-32-31-49-48-27-23-38-11-5-6-16-46(38)47(48)29-30-50(49)58(54)61(44-25-21-36-9-1-3-12-41(36)33-44)52-17-8-18-53(60(52)64)62(45-26-22-37-10-2-4-13-42(37)34-45)59-51-28-24-40-15-7-14-39-19-20-43(35-55(59)64)57(51)56(39)40/h1-35H. The Balaban J connectivity index is 1.12. The van der Waals surface area contributed by atoms with Crippen LogP contribution >= 0.6 is 7.14 Å². The molecular formula is C60H35N2OP. The Morgan fingerprint density at radius 1 is 0.297 bits per heavy atom. The van der Waals surface area contributed by atoms with Gasteiger partial charge in [0.15, 0.2) is 7.14 Å². The summed E-state index contributed by atoms with van der Waals surface area (Å²) >= 11 is 0. The zero-order valence-electron chi connectivity index (χ0n) is 34.5. The molecule has 0 N–H and O–H groups in total. The molecule has 2 aliphatic rings. The van der Waals surface area contributed by atoms with Gasteiger partial charge in [0.05, 0.1) is 28.1 Å². The third-order valence-electron chi connectivity index (χ3n) is 14.4. The highest BCUT2D eigenvalue weighted by atomic mass is 31.2. The molecule has 3 nitrogen and oxygen atoms in total. The Morgan fingerprint density at radius 2 is 0.766 bits per heavy atom. The second kappa shape index (κ2) is 12.4. The van der Waals surface area contributed by atoms with Gasteiger partial charge in [0, 0.05) is 32.8 Å². The molecule has 64 heavy (non-hydrogen) atoms. The third kappa shape index (κ3) is 4.39. The van der Waals surface area contributed by atoms with Gasteiger partial charge in [-0.2, -0.15) is 0 Å². The second-order valence-corrected chi connectivity index (χ2v) is 20.2. The van der Waals surface area contributed by atoms with Crippen molar-refractivity contribution in [3.63, 3.8) is 0 Å². The zero-order chi connectivity index (χ0) is 41.8. The summed E-state index contributed by atoms with van der Waals surface area (Å²) in [6.45, 7) is 0. The molecule has 1 unspecified atom stereocenters. The van der Waals surface area contributed by atoms with Crippen molar-refractivity contribution < 1.29 is 4.57 Å². The highest BCUT2D eigenvalue weighted by molar-refractivity contribution is 7.86. The molecule has 1 atom stereocenters. The van der Waals surface area contributed by atoms with Crippen LogP contribution in [0.2, 0.25) is 0 Å². The van der Waals surface area contributed by atoms with Gasteiger partial charge in [-0.1, -0.05) is 164 Å². The quantitative estimate of drug-likeness (QED) is 0.128. The summed E-state index contributed by atoms with van der Waals surface area (Å²) in [5.74, 6) is 0. The Kier molecular flexibility index (Phi) is 6.68. The lowest BCUT2D eigenvalue weighted by atomic mass is 9.92. The molecule has 0 saturated heterocycles. The molecule has 13 aromatic rings. The van der Waals surface area contributed by atoms with E-state index in [2.05, 4.69) is 222 Å². The fourth-order valence-electron chi connectivity index (χ4n) is 11.6. The van der Waals surface area contributed by atoms with Crippen molar-refractivity contribution in [3.05, 3.63) is 212 Å². The number of nitrogens with zero attached hydrogens (tertiary/aromatic N) is 2. The number of hydrogen-bond acceptors (Lipinski definition) is 3. The van der Waals surface area contributed by atoms with Crippen molar-refractivity contribution in [2.24, 2.45) is 0 Å². The van der Waals surface area contributed by atoms with Gasteiger partial charge in [-0.15, -0.1) is 0 Å². The minimum absolute atomic E-state index is 0.862. The molecule has 0 fully saturated rings. The van der Waals surface area contributed by atoms with Crippen LogP contribution in [0.1, 0.15) is 0 Å². The molecule has 0 aromatic heterocycles. The fourth-order valence-corrected chi connectivity index (χ4v) is 15.0. The Hall–Kier alpha value is -7.97. The summed E-state index contributed by atoms with van der Waals surface area (Å²) in [6, 6.07) is 77.2. The second-order valence-electron chi connectivity index (χ2n) is 17.6. The summed E-state index contributed by atoms with van der Waals surface area (Å²) in [6.07, 6.45) is 0. The van der Waals surface area contributed by atoms with Crippen molar-refractivity contribution >= 4 is 143 Å². The van der Waals surface area contributed by atoms with E-state index in [1.54, 1.807) is 0 Å². The van der Waals surface area contributed by atoms with Gasteiger partial charge in [0.25, 0.3) is 0 Å². The summed E-state index contributed by atoms with van der Waals surface area (Å²) in [5.41, 5.74) is 5.92. The van der Waals surface area contributed by atoms with Crippen LogP contribution in [0.3, 0.4) is 0 Å². The monoisotopic (exact) mass is 830 g/mol. The van der Waals surface area contributed by atoms with Crippen LogP contribution in [0.4, 0.5) is 34.1 Å². The summed E-state index contributed by atoms with van der Waals surface area (Å²) in [7, 11) is -3.63. The van der Waals surface area contributed by atoms with Crippen LogP contribution in [-0.2, 0) is 4.57 Å². The molecule has 0 radical (unpaired) electrons. The number of anilines is 6. The van der Waals surface area contributed by atoms with Gasteiger partial charge in [-0.05, 0) is 124 Å². The highest BCUT2D eigenvalue weighted by Crippen LogP contribution is 2.64. The summed E-state index contributed by atoms with van der Waals surface area (Å²) < 4.78 is 17.7. The van der Waals surface area contributed by atoms with Gasteiger partial charge < -0.3 is 14.4 Å². The average molecular weight is 831 g/mol. The number of fused-ring (bicyclic) bond motifs is 13. The van der Waals surface area contributed by atoms with E-state index >= 15 is 4.57 Å². The summed E-state index contributed by atoms with van der Waals surface area (Å²) in [4.78, 5) is 4.84. The molecule has 296 valence electrons. The third-order valence-corrected chi connectivity index (χ3v) is 17.5. The van der Waals surface area contributed by atoms with Crippen LogP contribution < -0.4 is 25.7 Å². The van der Waals surface area contributed by atoms with E-state index in [9.17, 15) is 0 Å². The van der Waals surface area contributed by atoms with Crippen LogP contribution in [0.15, 0.2) is 212 Å². The topological polar surface area (TPSA) is 23.6 Å². The lowest BCUT2D eigenvalue weighted by molar-refractivity contribution is 0.592. The van der Waals surface area contributed by atoms with Crippen LogP contribution in [0.25, 0.3) is 86.2 Å². The molecular weight excluding hydrogens is 796 g/mol. The van der Waals surface area contributed by atoms with E-state index in [0.29, 0.717) is 0 Å². The normalized spacial score (nSPS) is 15.6. The smallest absolute Gasteiger partial charge is 0.179 e. The van der Waals surface area contributed by atoms with Gasteiger partial charge >= 0.3 is 0 Å². The highest BCUT2D eigenvalue weighted by Gasteiger charge is 2.50. The maximum Gasteiger partial charge on any atom is 0.179 e. The van der Waals surface area contributed by atoms with E-state index in [0.717, 1.165) is 82.4 Å². The van der Waals surface area contributed by atoms with Gasteiger partial charge in [0.2, 0.25) is 0 Å². The van der Waals surface area contributed by atoms with Crippen molar-refractivity contribution in [3.8, 4) is 0 Å². The van der Waals surface area contributed by atoms with E-state index in [1.165, 1.54) is 53.9 Å². The number of rotatable bonds is 2. The molecule has 2 heterocycles. The first-order valence-corrected chi connectivity index (χ1v) is 23.7. The maximum atomic E-state index is 17.7. The predicted molar refractivity (Wildman–Crippen MR) is 274 cm³/mol. The van der Waals surface area contributed by atoms with Crippen LogP contribution in [0.5, 0.6) is 0 Å². The fraction of sp³-hybridized carbons (Fsp3) is 0. The molecule has 4 heteroatoms. The number of benzene rings is 13. The van der Waals surface area contributed by atoms with E-state index in [1.807, 2.05) is 0 Å². The first kappa shape index (κ1) is 34.6. The molecule has 0 spiro atoms. The average Bonchev–Trinajstić information content (AvgIpc) is 3.35. The van der Waals surface area contributed by atoms with E-state index in [-0.39, 0.29) is 0 Å². The molecule has 13 aromatic carbocycles. The van der Waals surface area contributed by atoms with Crippen LogP contribution in [-0.4, -0.2) is 0 Å². The van der Waals surface area contributed by atoms with Crippen molar-refractivity contribution in [1.29, 1.82) is 0 Å². The molecule has 0 aliphatic carbocycles.